The number of phenols is 1. The van der Waals surface area contributed by atoms with Crippen molar-refractivity contribution < 1.29 is 9.84 Å². The quantitative estimate of drug-likeness (QED) is 0.851. The van der Waals surface area contributed by atoms with Gasteiger partial charge in [-0.25, -0.2) is 0 Å². The molecular formula is C21H34N2O2. The maximum atomic E-state index is 9.92. The number of phenolic OH excluding ortho intramolecular Hbond substituents is 1. The Hall–Kier alpha value is -1.26. The Bertz CT molecular complexity index is 561. The zero-order chi connectivity index (χ0) is 17.8. The monoisotopic (exact) mass is 346 g/mol. The molecule has 0 bridgehead atoms. The number of hydrogen-bond acceptors (Lipinski definition) is 4. The minimum Gasteiger partial charge on any atom is -0.504 e. The molecule has 2 atom stereocenters. The standard InChI is InChI=1S/C21H34N2O2/c1-4-25-21-12-17(7-8-20(21)24)14-23-10-5-6-18-15-22(13-16(2)3)11-9-19(18)23/h7-8,12,16,18-19,24H,4-6,9-11,13-15H2,1-3H3/t18-,19+/m1/s1. The number of piperidine rings is 2. The fourth-order valence-electron chi connectivity index (χ4n) is 4.62. The predicted octanol–water partition coefficient (Wildman–Crippen LogP) is 3.73. The van der Waals surface area contributed by atoms with Crippen LogP contribution in [0.4, 0.5) is 0 Å². The molecule has 0 saturated carbocycles. The summed E-state index contributed by atoms with van der Waals surface area (Å²) in [7, 11) is 0. The van der Waals surface area contributed by atoms with Crippen LogP contribution in [-0.2, 0) is 6.54 Å². The first kappa shape index (κ1) is 18.5. The van der Waals surface area contributed by atoms with E-state index in [0.717, 1.165) is 18.4 Å². The number of benzene rings is 1. The van der Waals surface area contributed by atoms with Gasteiger partial charge in [-0.15, -0.1) is 0 Å². The van der Waals surface area contributed by atoms with Crippen molar-refractivity contribution in [2.24, 2.45) is 11.8 Å². The Balaban J connectivity index is 1.64. The third-order valence-electron chi connectivity index (χ3n) is 5.60. The van der Waals surface area contributed by atoms with Crippen molar-refractivity contribution in [2.75, 3.05) is 32.8 Å². The Labute approximate surface area is 152 Å². The van der Waals surface area contributed by atoms with Crippen LogP contribution in [0, 0.1) is 11.8 Å². The summed E-state index contributed by atoms with van der Waals surface area (Å²) in [4.78, 5) is 5.34. The number of fused-ring (bicyclic) bond motifs is 1. The Morgan fingerprint density at radius 3 is 2.84 bits per heavy atom. The fraction of sp³-hybridized carbons (Fsp3) is 0.714. The number of rotatable bonds is 6. The summed E-state index contributed by atoms with van der Waals surface area (Å²) < 4.78 is 5.55. The first-order valence-electron chi connectivity index (χ1n) is 9.98. The summed E-state index contributed by atoms with van der Waals surface area (Å²) >= 11 is 0. The van der Waals surface area contributed by atoms with Gasteiger partial charge in [-0.1, -0.05) is 19.9 Å². The minimum atomic E-state index is 0.240. The fourth-order valence-corrected chi connectivity index (χ4v) is 4.62. The molecule has 1 aromatic carbocycles. The van der Waals surface area contributed by atoms with Gasteiger partial charge in [0.05, 0.1) is 6.61 Å². The van der Waals surface area contributed by atoms with E-state index >= 15 is 0 Å². The van der Waals surface area contributed by atoms with Crippen molar-refractivity contribution in [1.82, 2.24) is 9.80 Å². The van der Waals surface area contributed by atoms with E-state index in [0.29, 0.717) is 18.4 Å². The van der Waals surface area contributed by atoms with Gasteiger partial charge in [0.25, 0.3) is 0 Å². The molecule has 0 spiro atoms. The topological polar surface area (TPSA) is 35.9 Å². The second kappa shape index (κ2) is 8.41. The zero-order valence-corrected chi connectivity index (χ0v) is 16.1. The number of aromatic hydroxyl groups is 1. The van der Waals surface area contributed by atoms with E-state index in [4.69, 9.17) is 4.74 Å². The predicted molar refractivity (Wildman–Crippen MR) is 102 cm³/mol. The van der Waals surface area contributed by atoms with Crippen molar-refractivity contribution in [3.8, 4) is 11.5 Å². The number of nitrogens with zero attached hydrogens (tertiary/aromatic N) is 2. The number of ether oxygens (including phenoxy) is 1. The third-order valence-corrected chi connectivity index (χ3v) is 5.60. The first-order valence-corrected chi connectivity index (χ1v) is 9.98. The average Bonchev–Trinajstić information content (AvgIpc) is 2.57. The van der Waals surface area contributed by atoms with Gasteiger partial charge >= 0.3 is 0 Å². The molecule has 0 aromatic heterocycles. The summed E-state index contributed by atoms with van der Waals surface area (Å²) in [5.74, 6) is 2.42. The van der Waals surface area contributed by atoms with Crippen LogP contribution in [0.25, 0.3) is 0 Å². The lowest BCUT2D eigenvalue weighted by Crippen LogP contribution is -2.54. The van der Waals surface area contributed by atoms with E-state index in [-0.39, 0.29) is 5.75 Å². The van der Waals surface area contributed by atoms with E-state index in [9.17, 15) is 5.11 Å². The molecule has 3 rings (SSSR count). The van der Waals surface area contributed by atoms with E-state index in [2.05, 4.69) is 23.6 Å². The van der Waals surface area contributed by atoms with E-state index < -0.39 is 0 Å². The van der Waals surface area contributed by atoms with Crippen LogP contribution in [0.3, 0.4) is 0 Å². The summed E-state index contributed by atoms with van der Waals surface area (Å²) in [5, 5.41) is 9.92. The number of hydrogen-bond donors (Lipinski definition) is 1. The van der Waals surface area contributed by atoms with Crippen LogP contribution in [0.15, 0.2) is 18.2 Å². The Morgan fingerprint density at radius 1 is 1.24 bits per heavy atom. The summed E-state index contributed by atoms with van der Waals surface area (Å²) in [6.07, 6.45) is 3.95. The smallest absolute Gasteiger partial charge is 0.161 e. The normalized spacial score (nSPS) is 25.1. The van der Waals surface area contributed by atoms with Gasteiger partial charge in [-0.3, -0.25) is 4.90 Å². The highest BCUT2D eigenvalue weighted by Crippen LogP contribution is 2.33. The molecule has 0 amide bonds. The molecule has 2 heterocycles. The highest BCUT2D eigenvalue weighted by Gasteiger charge is 2.35. The molecule has 1 aromatic rings. The highest BCUT2D eigenvalue weighted by molar-refractivity contribution is 5.41. The van der Waals surface area contributed by atoms with Gasteiger partial charge in [0, 0.05) is 25.7 Å². The maximum Gasteiger partial charge on any atom is 0.161 e. The van der Waals surface area contributed by atoms with Crippen molar-refractivity contribution in [2.45, 2.75) is 52.6 Å². The molecule has 0 radical (unpaired) electrons. The second-order valence-electron chi connectivity index (χ2n) is 8.12. The molecule has 2 fully saturated rings. The van der Waals surface area contributed by atoms with E-state index in [1.807, 2.05) is 19.1 Å². The third kappa shape index (κ3) is 4.68. The van der Waals surface area contributed by atoms with Crippen molar-refractivity contribution >= 4 is 0 Å². The average molecular weight is 347 g/mol. The van der Waals surface area contributed by atoms with Crippen LogP contribution >= 0.6 is 0 Å². The lowest BCUT2D eigenvalue weighted by atomic mass is 9.83. The molecule has 2 aliphatic heterocycles. The molecule has 2 saturated heterocycles. The number of likely N-dealkylation sites (tertiary alicyclic amines) is 2. The van der Waals surface area contributed by atoms with Gasteiger partial charge < -0.3 is 14.7 Å². The van der Waals surface area contributed by atoms with Crippen molar-refractivity contribution in [3.63, 3.8) is 0 Å². The van der Waals surface area contributed by atoms with Gasteiger partial charge in [0.1, 0.15) is 0 Å². The maximum absolute atomic E-state index is 9.92. The molecule has 0 unspecified atom stereocenters. The van der Waals surface area contributed by atoms with Crippen LogP contribution in [0.1, 0.15) is 45.6 Å². The summed E-state index contributed by atoms with van der Waals surface area (Å²) in [5.41, 5.74) is 1.24. The SMILES string of the molecule is CCOc1cc(CN2CCC[C@@H]3CN(CC(C)C)CC[C@@H]32)ccc1O. The van der Waals surface area contributed by atoms with Crippen LogP contribution in [0.5, 0.6) is 11.5 Å². The van der Waals surface area contributed by atoms with Gasteiger partial charge in [0.2, 0.25) is 0 Å². The van der Waals surface area contributed by atoms with Crippen molar-refractivity contribution in [3.05, 3.63) is 23.8 Å². The van der Waals surface area contributed by atoms with Crippen LogP contribution in [0.2, 0.25) is 0 Å². The summed E-state index contributed by atoms with van der Waals surface area (Å²) in [6, 6.07) is 6.53. The lowest BCUT2D eigenvalue weighted by Gasteiger charge is -2.47. The van der Waals surface area contributed by atoms with Crippen LogP contribution in [-0.4, -0.2) is 53.7 Å². The molecule has 4 nitrogen and oxygen atoms in total. The summed E-state index contributed by atoms with van der Waals surface area (Å²) in [6.45, 7) is 13.1. The Kier molecular flexibility index (Phi) is 6.24. The van der Waals surface area contributed by atoms with E-state index in [1.165, 1.54) is 51.0 Å². The largest absolute Gasteiger partial charge is 0.504 e. The van der Waals surface area contributed by atoms with Gasteiger partial charge in [0.15, 0.2) is 11.5 Å². The molecular weight excluding hydrogens is 312 g/mol. The molecule has 2 aliphatic rings. The Morgan fingerprint density at radius 2 is 2.08 bits per heavy atom. The first-order chi connectivity index (χ1) is 12.1. The minimum absolute atomic E-state index is 0.240. The zero-order valence-electron chi connectivity index (χ0n) is 16.1. The van der Waals surface area contributed by atoms with Gasteiger partial charge in [-0.05, 0) is 68.8 Å². The van der Waals surface area contributed by atoms with E-state index in [1.54, 1.807) is 6.07 Å². The second-order valence-corrected chi connectivity index (χ2v) is 8.12. The molecule has 140 valence electrons. The highest BCUT2D eigenvalue weighted by atomic mass is 16.5. The van der Waals surface area contributed by atoms with Gasteiger partial charge in [-0.2, -0.15) is 0 Å². The van der Waals surface area contributed by atoms with Crippen LogP contribution < -0.4 is 4.74 Å². The molecule has 1 N–H and O–H groups in total. The molecule has 4 heteroatoms. The lowest BCUT2D eigenvalue weighted by molar-refractivity contribution is 0.0148. The van der Waals surface area contributed by atoms with Crippen molar-refractivity contribution in [1.29, 1.82) is 0 Å². The molecule has 0 aliphatic carbocycles. The molecule has 25 heavy (non-hydrogen) atoms.